The summed E-state index contributed by atoms with van der Waals surface area (Å²) >= 11 is 11.6. The van der Waals surface area contributed by atoms with Crippen LogP contribution in [0.4, 0.5) is 11.4 Å². The highest BCUT2D eigenvalue weighted by molar-refractivity contribution is 6.38. The van der Waals surface area contributed by atoms with Gasteiger partial charge in [-0.25, -0.2) is 9.97 Å². The number of hydrogen-bond acceptors (Lipinski definition) is 5. The molecule has 0 aliphatic rings. The zero-order chi connectivity index (χ0) is 14.0. The molecule has 0 bridgehead atoms. The molecule has 0 fully saturated rings. The highest BCUT2D eigenvalue weighted by Crippen LogP contribution is 2.27. The number of aromatic hydroxyl groups is 1. The van der Waals surface area contributed by atoms with Gasteiger partial charge in [-0.15, -0.1) is 0 Å². The minimum atomic E-state index is -0.577. The second-order valence-electron chi connectivity index (χ2n) is 3.56. The quantitative estimate of drug-likeness (QED) is 0.449. The summed E-state index contributed by atoms with van der Waals surface area (Å²) in [6.07, 6.45) is 1.17. The molecule has 2 aromatic rings. The molecule has 1 aromatic heterocycles. The fourth-order valence-corrected chi connectivity index (χ4v) is 1.78. The summed E-state index contributed by atoms with van der Waals surface area (Å²) in [5.41, 5.74) is 6.03. The number of carbonyl (C=O) groups is 1. The van der Waals surface area contributed by atoms with Crippen LogP contribution in [0.25, 0.3) is 0 Å². The lowest BCUT2D eigenvalue weighted by Crippen LogP contribution is -2.15. The first-order valence-electron chi connectivity index (χ1n) is 5.05. The molecule has 0 aliphatic heterocycles. The van der Waals surface area contributed by atoms with Gasteiger partial charge in [-0.1, -0.05) is 23.2 Å². The molecule has 19 heavy (non-hydrogen) atoms. The topological polar surface area (TPSA) is 101 Å². The summed E-state index contributed by atoms with van der Waals surface area (Å²) in [4.78, 5) is 19.4. The second kappa shape index (κ2) is 5.29. The number of benzene rings is 1. The van der Waals surface area contributed by atoms with Crippen LogP contribution in [-0.2, 0) is 0 Å². The molecule has 1 aromatic carbocycles. The Labute approximate surface area is 118 Å². The van der Waals surface area contributed by atoms with Gasteiger partial charge in [0.05, 0.1) is 5.56 Å². The van der Waals surface area contributed by atoms with E-state index in [-0.39, 0.29) is 33.0 Å². The maximum absolute atomic E-state index is 12.0. The number of rotatable bonds is 2. The highest BCUT2D eigenvalue weighted by Gasteiger charge is 2.15. The number of aromatic nitrogens is 2. The molecule has 1 heterocycles. The maximum atomic E-state index is 12.0. The fraction of sp³-hybridized carbons (Fsp3) is 0. The van der Waals surface area contributed by atoms with Gasteiger partial charge in [-0.05, 0) is 18.2 Å². The minimum absolute atomic E-state index is 0.00655. The molecule has 98 valence electrons. The van der Waals surface area contributed by atoms with Gasteiger partial charge in [0.25, 0.3) is 5.91 Å². The van der Waals surface area contributed by atoms with Gasteiger partial charge in [0.2, 0.25) is 0 Å². The molecule has 8 heteroatoms. The lowest BCUT2D eigenvalue weighted by molar-refractivity contribution is 0.102. The Morgan fingerprint density at radius 1 is 1.26 bits per heavy atom. The number of hydrogen-bond donors (Lipinski definition) is 3. The largest absolute Gasteiger partial charge is 0.508 e. The van der Waals surface area contributed by atoms with E-state index >= 15 is 0 Å². The zero-order valence-corrected chi connectivity index (χ0v) is 10.9. The summed E-state index contributed by atoms with van der Waals surface area (Å²) in [5, 5.41) is 11.8. The summed E-state index contributed by atoms with van der Waals surface area (Å²) in [7, 11) is 0. The number of nitrogens with two attached hydrogens (primary N) is 1. The molecule has 0 atom stereocenters. The summed E-state index contributed by atoms with van der Waals surface area (Å²) in [6.45, 7) is 0. The van der Waals surface area contributed by atoms with Crippen LogP contribution in [-0.4, -0.2) is 21.0 Å². The van der Waals surface area contributed by atoms with E-state index in [4.69, 9.17) is 28.9 Å². The number of halogens is 2. The SMILES string of the molecule is Nc1ccc(O)cc1C(=O)Nc1c(Cl)ncnc1Cl. The molecular formula is C11H8Cl2N4O2. The van der Waals surface area contributed by atoms with Crippen molar-refractivity contribution < 1.29 is 9.90 Å². The Morgan fingerprint density at radius 2 is 1.89 bits per heavy atom. The molecule has 0 aliphatic carbocycles. The Morgan fingerprint density at radius 3 is 2.53 bits per heavy atom. The molecular weight excluding hydrogens is 291 g/mol. The van der Waals surface area contributed by atoms with Crippen LogP contribution < -0.4 is 11.1 Å². The van der Waals surface area contributed by atoms with E-state index in [1.165, 1.54) is 24.5 Å². The van der Waals surface area contributed by atoms with Crippen molar-refractivity contribution in [3.8, 4) is 5.75 Å². The van der Waals surface area contributed by atoms with Crippen molar-refractivity contribution in [2.24, 2.45) is 0 Å². The average molecular weight is 299 g/mol. The van der Waals surface area contributed by atoms with Crippen molar-refractivity contribution in [2.45, 2.75) is 0 Å². The Bertz CT molecular complexity index is 628. The lowest BCUT2D eigenvalue weighted by Gasteiger charge is -2.09. The lowest BCUT2D eigenvalue weighted by atomic mass is 10.1. The predicted octanol–water partition coefficient (Wildman–Crippen LogP) is 2.32. The third kappa shape index (κ3) is 2.86. The Hall–Kier alpha value is -2.05. The number of nitrogen functional groups attached to an aromatic ring is 1. The van der Waals surface area contributed by atoms with Gasteiger partial charge in [0, 0.05) is 5.69 Å². The van der Waals surface area contributed by atoms with E-state index in [0.717, 1.165) is 0 Å². The molecule has 0 radical (unpaired) electrons. The van der Waals surface area contributed by atoms with E-state index in [1.54, 1.807) is 0 Å². The normalized spacial score (nSPS) is 10.2. The number of anilines is 2. The van der Waals surface area contributed by atoms with Crippen LogP contribution in [0.5, 0.6) is 5.75 Å². The molecule has 0 spiro atoms. The van der Waals surface area contributed by atoms with Crippen molar-refractivity contribution in [1.82, 2.24) is 9.97 Å². The molecule has 0 unspecified atom stereocenters. The molecule has 0 saturated heterocycles. The smallest absolute Gasteiger partial charge is 0.258 e. The van der Waals surface area contributed by atoms with Gasteiger partial charge in [-0.2, -0.15) is 0 Å². The van der Waals surface area contributed by atoms with Gasteiger partial charge >= 0.3 is 0 Å². The van der Waals surface area contributed by atoms with E-state index in [2.05, 4.69) is 15.3 Å². The minimum Gasteiger partial charge on any atom is -0.508 e. The summed E-state index contributed by atoms with van der Waals surface area (Å²) < 4.78 is 0. The van der Waals surface area contributed by atoms with Gasteiger partial charge in [0.15, 0.2) is 10.3 Å². The van der Waals surface area contributed by atoms with Gasteiger partial charge in [0.1, 0.15) is 17.8 Å². The van der Waals surface area contributed by atoms with Crippen molar-refractivity contribution in [1.29, 1.82) is 0 Å². The molecule has 6 nitrogen and oxygen atoms in total. The summed E-state index contributed by atoms with van der Waals surface area (Å²) in [6, 6.07) is 4.02. The molecule has 1 amide bonds. The van der Waals surface area contributed by atoms with Crippen LogP contribution in [0.2, 0.25) is 10.3 Å². The Balaban J connectivity index is 2.34. The van der Waals surface area contributed by atoms with Gasteiger partial charge in [-0.3, -0.25) is 4.79 Å². The number of phenolic OH excluding ortho intramolecular Hbond substituents is 1. The van der Waals surface area contributed by atoms with Crippen LogP contribution in [0, 0.1) is 0 Å². The van der Waals surface area contributed by atoms with E-state index in [0.29, 0.717) is 0 Å². The average Bonchev–Trinajstić information content (AvgIpc) is 2.37. The van der Waals surface area contributed by atoms with Crippen molar-refractivity contribution in [3.63, 3.8) is 0 Å². The first-order valence-corrected chi connectivity index (χ1v) is 5.80. The summed E-state index contributed by atoms with van der Waals surface area (Å²) in [5.74, 6) is -0.659. The van der Waals surface area contributed by atoms with Crippen molar-refractivity contribution >= 4 is 40.5 Å². The van der Waals surface area contributed by atoms with Crippen LogP contribution >= 0.6 is 23.2 Å². The number of nitrogens with zero attached hydrogens (tertiary/aromatic N) is 2. The number of nitrogens with one attached hydrogen (secondary N) is 1. The van der Waals surface area contributed by atoms with Crippen molar-refractivity contribution in [3.05, 3.63) is 40.4 Å². The first-order chi connectivity index (χ1) is 8.99. The van der Waals surface area contributed by atoms with E-state index < -0.39 is 5.91 Å². The second-order valence-corrected chi connectivity index (χ2v) is 4.27. The third-order valence-electron chi connectivity index (χ3n) is 2.27. The third-order valence-corrected chi connectivity index (χ3v) is 2.85. The molecule has 2 rings (SSSR count). The highest BCUT2D eigenvalue weighted by atomic mass is 35.5. The van der Waals surface area contributed by atoms with Crippen molar-refractivity contribution in [2.75, 3.05) is 11.1 Å². The van der Waals surface area contributed by atoms with Crippen LogP contribution in [0.1, 0.15) is 10.4 Å². The molecule has 4 N–H and O–H groups in total. The Kier molecular flexibility index (Phi) is 3.73. The van der Waals surface area contributed by atoms with E-state index in [1.807, 2.05) is 0 Å². The number of amides is 1. The van der Waals surface area contributed by atoms with Gasteiger partial charge < -0.3 is 16.2 Å². The predicted molar refractivity (Wildman–Crippen MR) is 72.5 cm³/mol. The van der Waals surface area contributed by atoms with Crippen LogP contribution in [0.3, 0.4) is 0 Å². The molecule has 0 saturated carbocycles. The standard InChI is InChI=1S/C11H8Cl2N4O2/c12-9-8(10(13)16-4-15-9)17-11(19)6-3-5(18)1-2-7(6)14/h1-4,18H,14H2,(H,17,19). The van der Waals surface area contributed by atoms with Crippen LogP contribution in [0.15, 0.2) is 24.5 Å². The first kappa shape index (κ1) is 13.4. The number of carbonyl (C=O) groups excluding carboxylic acids is 1. The monoisotopic (exact) mass is 298 g/mol. The number of phenols is 1. The maximum Gasteiger partial charge on any atom is 0.258 e. The zero-order valence-electron chi connectivity index (χ0n) is 9.39. The fourth-order valence-electron chi connectivity index (χ4n) is 1.37. The van der Waals surface area contributed by atoms with E-state index in [9.17, 15) is 9.90 Å².